The molecule has 0 saturated carbocycles. The first-order valence-electron chi connectivity index (χ1n) is 12.6. The van der Waals surface area contributed by atoms with E-state index >= 15 is 0 Å². The van der Waals surface area contributed by atoms with Crippen LogP contribution in [0.3, 0.4) is 0 Å². The summed E-state index contributed by atoms with van der Waals surface area (Å²) in [6.45, 7) is 6.60. The van der Waals surface area contributed by atoms with E-state index in [1.54, 1.807) is 20.3 Å². The van der Waals surface area contributed by atoms with E-state index in [0.29, 0.717) is 41.4 Å². The predicted octanol–water partition coefficient (Wildman–Crippen LogP) is 5.55. The molecule has 1 aliphatic heterocycles. The molecule has 0 fully saturated rings. The fourth-order valence-electron chi connectivity index (χ4n) is 5.29. The van der Waals surface area contributed by atoms with Crippen molar-refractivity contribution in [2.75, 3.05) is 27.4 Å². The van der Waals surface area contributed by atoms with Crippen LogP contribution >= 0.6 is 0 Å². The lowest BCUT2D eigenvalue weighted by atomic mass is 9.91. The summed E-state index contributed by atoms with van der Waals surface area (Å²) in [6.07, 6.45) is 0.684. The normalized spacial score (nSPS) is 14.8. The molecule has 1 aliphatic rings. The average Bonchev–Trinajstić information content (AvgIpc) is 2.89. The van der Waals surface area contributed by atoms with Crippen molar-refractivity contribution in [1.82, 2.24) is 4.90 Å². The third-order valence-corrected chi connectivity index (χ3v) is 7.06. The highest BCUT2D eigenvalue weighted by Crippen LogP contribution is 2.39. The van der Waals surface area contributed by atoms with Gasteiger partial charge in [0.1, 0.15) is 17.9 Å². The van der Waals surface area contributed by atoms with Crippen LogP contribution in [0.1, 0.15) is 44.2 Å². The lowest BCUT2D eigenvalue weighted by molar-refractivity contribution is 0.0589. The van der Waals surface area contributed by atoms with E-state index in [9.17, 15) is 9.59 Å². The van der Waals surface area contributed by atoms with Crippen molar-refractivity contribution in [2.45, 2.75) is 33.2 Å². The SMILES string of the molecule is COc1cc2c(cc1OC)[C@@H](COc1ccc3c(C)cc(=O)oc3c1)N(C(=O)c1cc(C)cc(C)c1)CC2. The van der Waals surface area contributed by atoms with Crippen molar-refractivity contribution in [2.24, 2.45) is 0 Å². The first-order chi connectivity index (χ1) is 18.3. The maximum absolute atomic E-state index is 13.8. The molecule has 7 heteroatoms. The van der Waals surface area contributed by atoms with E-state index in [-0.39, 0.29) is 18.6 Å². The second-order valence-electron chi connectivity index (χ2n) is 9.76. The molecule has 0 bridgehead atoms. The number of carbonyl (C=O) groups excluding carboxylic acids is 1. The van der Waals surface area contributed by atoms with Gasteiger partial charge in [0.25, 0.3) is 5.91 Å². The van der Waals surface area contributed by atoms with Crippen LogP contribution in [-0.4, -0.2) is 38.2 Å². The molecule has 1 aromatic heterocycles. The van der Waals surface area contributed by atoms with Gasteiger partial charge in [0.05, 0.1) is 20.3 Å². The highest BCUT2D eigenvalue weighted by Gasteiger charge is 2.33. The van der Waals surface area contributed by atoms with Gasteiger partial charge in [-0.3, -0.25) is 4.79 Å². The van der Waals surface area contributed by atoms with Crippen LogP contribution in [0, 0.1) is 20.8 Å². The number of aryl methyl sites for hydroxylation is 3. The van der Waals surface area contributed by atoms with Gasteiger partial charge in [0.15, 0.2) is 11.5 Å². The number of ether oxygens (including phenoxy) is 3. The first kappa shape index (κ1) is 25.4. The van der Waals surface area contributed by atoms with Crippen LogP contribution in [0.5, 0.6) is 17.2 Å². The van der Waals surface area contributed by atoms with Gasteiger partial charge < -0.3 is 23.5 Å². The Balaban J connectivity index is 1.53. The molecule has 2 heterocycles. The molecule has 0 saturated heterocycles. The number of benzene rings is 3. The molecular weight excluding hydrogens is 482 g/mol. The van der Waals surface area contributed by atoms with E-state index in [2.05, 4.69) is 6.07 Å². The monoisotopic (exact) mass is 513 g/mol. The van der Waals surface area contributed by atoms with Crippen molar-refractivity contribution >= 4 is 16.9 Å². The summed E-state index contributed by atoms with van der Waals surface area (Å²) in [4.78, 5) is 27.6. The maximum Gasteiger partial charge on any atom is 0.336 e. The summed E-state index contributed by atoms with van der Waals surface area (Å²) in [7, 11) is 3.21. The third-order valence-electron chi connectivity index (χ3n) is 7.06. The number of hydrogen-bond donors (Lipinski definition) is 0. The smallest absolute Gasteiger partial charge is 0.336 e. The molecule has 1 amide bonds. The van der Waals surface area contributed by atoms with Gasteiger partial charge in [-0.25, -0.2) is 4.79 Å². The highest BCUT2D eigenvalue weighted by molar-refractivity contribution is 5.95. The van der Waals surface area contributed by atoms with Crippen LogP contribution in [0.15, 0.2) is 63.8 Å². The fraction of sp³-hybridized carbons (Fsp3) is 0.290. The zero-order valence-corrected chi connectivity index (χ0v) is 22.3. The molecule has 5 rings (SSSR count). The Kier molecular flexibility index (Phi) is 6.85. The Bertz CT molecular complexity index is 1570. The molecule has 7 nitrogen and oxygen atoms in total. The fourth-order valence-corrected chi connectivity index (χ4v) is 5.29. The van der Waals surface area contributed by atoms with Gasteiger partial charge in [-0.15, -0.1) is 0 Å². The van der Waals surface area contributed by atoms with Crippen molar-refractivity contribution in [1.29, 1.82) is 0 Å². The molecule has 0 N–H and O–H groups in total. The largest absolute Gasteiger partial charge is 0.493 e. The van der Waals surface area contributed by atoms with E-state index in [0.717, 1.165) is 33.2 Å². The highest BCUT2D eigenvalue weighted by atomic mass is 16.5. The van der Waals surface area contributed by atoms with Crippen LogP contribution in [0.2, 0.25) is 0 Å². The minimum Gasteiger partial charge on any atom is -0.493 e. The minimum atomic E-state index is -0.403. The van der Waals surface area contributed by atoms with E-state index < -0.39 is 5.63 Å². The summed E-state index contributed by atoms with van der Waals surface area (Å²) in [5, 5.41) is 0.850. The number of carbonyl (C=O) groups is 1. The summed E-state index contributed by atoms with van der Waals surface area (Å²) >= 11 is 0. The summed E-state index contributed by atoms with van der Waals surface area (Å²) in [6, 6.07) is 16.4. The second-order valence-corrected chi connectivity index (χ2v) is 9.76. The summed E-state index contributed by atoms with van der Waals surface area (Å²) in [5.41, 5.74) is 5.67. The maximum atomic E-state index is 13.8. The van der Waals surface area contributed by atoms with Crippen molar-refractivity contribution in [3.63, 3.8) is 0 Å². The summed E-state index contributed by atoms with van der Waals surface area (Å²) < 4.78 is 22.8. The first-order valence-corrected chi connectivity index (χ1v) is 12.6. The van der Waals surface area contributed by atoms with Crippen molar-refractivity contribution in [3.05, 3.63) is 98.4 Å². The third kappa shape index (κ3) is 4.84. The summed E-state index contributed by atoms with van der Waals surface area (Å²) in [5.74, 6) is 1.75. The van der Waals surface area contributed by atoms with Gasteiger partial charge in [0.2, 0.25) is 0 Å². The lowest BCUT2D eigenvalue weighted by Gasteiger charge is -2.37. The molecule has 0 aliphatic carbocycles. The van der Waals surface area contributed by atoms with Gasteiger partial charge in [-0.1, -0.05) is 17.2 Å². The standard InChI is InChI=1S/C31H31NO6/c1-18-10-19(2)12-22(11-18)31(34)32-9-8-21-14-28(35-4)29(36-5)16-25(21)26(32)17-37-23-6-7-24-20(3)13-30(33)38-27(24)15-23/h6-7,10-16,26H,8-9,17H2,1-5H3/t26-/m1/s1. The Hall–Kier alpha value is -4.26. The second kappa shape index (κ2) is 10.2. The minimum absolute atomic E-state index is 0.0500. The quantitative estimate of drug-likeness (QED) is 0.315. The van der Waals surface area contributed by atoms with Crippen LogP contribution in [-0.2, 0) is 6.42 Å². The Labute approximate surface area is 221 Å². The van der Waals surface area contributed by atoms with Crippen LogP contribution in [0.25, 0.3) is 11.0 Å². The molecule has 38 heavy (non-hydrogen) atoms. The zero-order valence-electron chi connectivity index (χ0n) is 22.3. The van der Waals surface area contributed by atoms with Gasteiger partial charge in [0, 0.05) is 29.6 Å². The molecule has 0 spiro atoms. The Morgan fingerprint density at radius 1 is 0.947 bits per heavy atom. The Morgan fingerprint density at radius 2 is 1.66 bits per heavy atom. The predicted molar refractivity (Wildman–Crippen MR) is 146 cm³/mol. The van der Waals surface area contributed by atoms with Gasteiger partial charge >= 0.3 is 5.63 Å². The van der Waals surface area contributed by atoms with Gasteiger partial charge in [-0.05, 0) is 80.3 Å². The number of amides is 1. The zero-order chi connectivity index (χ0) is 27.0. The molecule has 1 atom stereocenters. The molecule has 3 aromatic carbocycles. The molecule has 4 aromatic rings. The number of hydrogen-bond acceptors (Lipinski definition) is 6. The molecule has 0 unspecified atom stereocenters. The van der Waals surface area contributed by atoms with Crippen LogP contribution < -0.4 is 19.8 Å². The number of fused-ring (bicyclic) bond motifs is 2. The average molecular weight is 514 g/mol. The van der Waals surface area contributed by atoms with E-state index in [4.69, 9.17) is 18.6 Å². The lowest BCUT2D eigenvalue weighted by Crippen LogP contribution is -2.42. The van der Waals surface area contributed by atoms with Crippen molar-refractivity contribution < 1.29 is 23.4 Å². The number of nitrogens with zero attached hydrogens (tertiary/aromatic N) is 1. The Morgan fingerprint density at radius 3 is 2.37 bits per heavy atom. The number of methoxy groups -OCH3 is 2. The van der Waals surface area contributed by atoms with E-state index in [1.165, 1.54) is 6.07 Å². The molecular formula is C31H31NO6. The van der Waals surface area contributed by atoms with E-state index in [1.807, 2.05) is 62.1 Å². The van der Waals surface area contributed by atoms with Gasteiger partial charge in [-0.2, -0.15) is 0 Å². The van der Waals surface area contributed by atoms with Crippen molar-refractivity contribution in [3.8, 4) is 17.2 Å². The topological polar surface area (TPSA) is 78.2 Å². The van der Waals surface area contributed by atoms with Crippen LogP contribution in [0.4, 0.5) is 0 Å². The number of rotatable bonds is 6. The molecule has 196 valence electrons. The molecule has 0 radical (unpaired) electrons.